The Hall–Kier alpha value is -5.14. The van der Waals surface area contributed by atoms with E-state index in [-0.39, 0.29) is 0 Å². The third-order valence-electron chi connectivity index (χ3n) is 13.7. The molecular weight excluding hydrogens is 615 g/mol. The number of aryl methyl sites for hydroxylation is 2. The molecule has 1 heteroatoms. The van der Waals surface area contributed by atoms with E-state index in [0.717, 1.165) is 11.8 Å². The molecule has 0 saturated heterocycles. The average molecular weight is 658 g/mol. The first kappa shape index (κ1) is 29.6. The van der Waals surface area contributed by atoms with E-state index in [4.69, 9.17) is 0 Å². The highest BCUT2D eigenvalue weighted by Gasteiger charge is 2.58. The van der Waals surface area contributed by atoms with Crippen LogP contribution in [0.15, 0.2) is 140 Å². The van der Waals surface area contributed by atoms with Crippen molar-refractivity contribution >= 4 is 27.9 Å². The number of hydrogen-bond donors (Lipinski definition) is 0. The molecule has 12 rings (SSSR count). The van der Waals surface area contributed by atoms with Gasteiger partial charge in [0.25, 0.3) is 0 Å². The summed E-state index contributed by atoms with van der Waals surface area (Å²) in [4.78, 5) is 0. The Kier molecular flexibility index (Phi) is 6.34. The molecule has 5 aliphatic rings. The quantitative estimate of drug-likeness (QED) is 0.168. The van der Waals surface area contributed by atoms with Gasteiger partial charge < -0.3 is 4.57 Å². The maximum Gasteiger partial charge on any atom is 0.0541 e. The topological polar surface area (TPSA) is 4.93 Å². The molecule has 5 aliphatic carbocycles. The molecule has 0 aliphatic heterocycles. The van der Waals surface area contributed by atoms with Crippen LogP contribution in [0.2, 0.25) is 0 Å². The van der Waals surface area contributed by atoms with E-state index < -0.39 is 0 Å². The van der Waals surface area contributed by atoms with Gasteiger partial charge in [0, 0.05) is 16.5 Å². The summed E-state index contributed by atoms with van der Waals surface area (Å²) in [5, 5.41) is 2.61. The highest BCUT2D eigenvalue weighted by Crippen LogP contribution is 2.66. The van der Waals surface area contributed by atoms with Crippen molar-refractivity contribution in [3.8, 4) is 27.9 Å². The van der Waals surface area contributed by atoms with Gasteiger partial charge in [-0.2, -0.15) is 0 Å². The molecule has 4 fully saturated rings. The normalized spacial score (nSPS) is 24.5. The molecule has 1 heterocycles. The first-order valence-electron chi connectivity index (χ1n) is 19.2. The monoisotopic (exact) mass is 657 g/mol. The summed E-state index contributed by atoms with van der Waals surface area (Å²) in [6, 6.07) is 51.3. The van der Waals surface area contributed by atoms with Crippen molar-refractivity contribution in [1.29, 1.82) is 0 Å². The van der Waals surface area contributed by atoms with Gasteiger partial charge in [0.05, 0.1) is 11.0 Å². The molecule has 6 aromatic carbocycles. The SMILES string of the molecule is C=Cc1ccc(C23CC4CC(C2)CC(c2ccc(-c5ccc6c(c5)c5ccccc5n6-c5ccc(-c6ccc7c(c6)CC7)cc5)cc2)(C4)C3)cc1. The lowest BCUT2D eigenvalue weighted by atomic mass is 9.41. The first-order valence-corrected chi connectivity index (χ1v) is 19.2. The molecule has 2 unspecified atom stereocenters. The van der Waals surface area contributed by atoms with Crippen molar-refractivity contribution in [1.82, 2.24) is 4.57 Å². The summed E-state index contributed by atoms with van der Waals surface area (Å²) in [7, 11) is 0. The number of nitrogens with zero attached hydrogens (tertiary/aromatic N) is 1. The third kappa shape index (κ3) is 4.53. The Labute approximate surface area is 301 Å². The molecule has 0 radical (unpaired) electrons. The van der Waals surface area contributed by atoms with Gasteiger partial charge in [-0.1, -0.05) is 116 Å². The van der Waals surface area contributed by atoms with Crippen molar-refractivity contribution in [3.63, 3.8) is 0 Å². The molecule has 0 amide bonds. The number of fused-ring (bicyclic) bond motifs is 4. The molecular formula is C50H43N. The van der Waals surface area contributed by atoms with Crippen LogP contribution in [-0.2, 0) is 23.7 Å². The smallest absolute Gasteiger partial charge is 0.0541 e. The molecule has 1 aromatic heterocycles. The highest BCUT2D eigenvalue weighted by atomic mass is 15.0. The zero-order valence-corrected chi connectivity index (χ0v) is 29.2. The van der Waals surface area contributed by atoms with Gasteiger partial charge in [0.15, 0.2) is 0 Å². The second-order valence-corrected chi connectivity index (χ2v) is 16.5. The second kappa shape index (κ2) is 10.9. The summed E-state index contributed by atoms with van der Waals surface area (Å²) in [6.07, 6.45) is 12.6. The molecule has 0 N–H and O–H groups in total. The van der Waals surface area contributed by atoms with Gasteiger partial charge in [0.2, 0.25) is 0 Å². The van der Waals surface area contributed by atoms with E-state index in [2.05, 4.69) is 145 Å². The predicted octanol–water partition coefficient (Wildman–Crippen LogP) is 12.6. The van der Waals surface area contributed by atoms with Crippen LogP contribution < -0.4 is 0 Å². The van der Waals surface area contributed by atoms with Crippen molar-refractivity contribution in [2.24, 2.45) is 11.8 Å². The van der Waals surface area contributed by atoms with Crippen LogP contribution in [0, 0.1) is 11.8 Å². The zero-order chi connectivity index (χ0) is 33.7. The van der Waals surface area contributed by atoms with Crippen LogP contribution in [0.5, 0.6) is 0 Å². The maximum atomic E-state index is 3.99. The Balaban J connectivity index is 0.927. The number of para-hydroxylation sites is 1. The van der Waals surface area contributed by atoms with Crippen LogP contribution in [0.1, 0.15) is 66.3 Å². The Morgan fingerprint density at radius 1 is 0.529 bits per heavy atom. The van der Waals surface area contributed by atoms with Gasteiger partial charge >= 0.3 is 0 Å². The molecule has 2 atom stereocenters. The van der Waals surface area contributed by atoms with E-state index in [1.165, 1.54) is 118 Å². The fourth-order valence-electron chi connectivity index (χ4n) is 11.5. The lowest BCUT2D eigenvalue weighted by Crippen LogP contribution is -2.55. The summed E-state index contributed by atoms with van der Waals surface area (Å²) in [5.74, 6) is 1.69. The molecule has 4 saturated carbocycles. The van der Waals surface area contributed by atoms with E-state index >= 15 is 0 Å². The van der Waals surface area contributed by atoms with Crippen molar-refractivity contribution < 1.29 is 0 Å². The van der Waals surface area contributed by atoms with Gasteiger partial charge in [0.1, 0.15) is 0 Å². The minimum absolute atomic E-state index is 0.299. The van der Waals surface area contributed by atoms with Crippen LogP contribution in [-0.4, -0.2) is 4.57 Å². The minimum atomic E-state index is 0.299. The van der Waals surface area contributed by atoms with Crippen molar-refractivity contribution in [2.75, 3.05) is 0 Å². The lowest BCUT2D eigenvalue weighted by Gasteiger charge is -2.63. The van der Waals surface area contributed by atoms with E-state index in [1.807, 2.05) is 6.08 Å². The summed E-state index contributed by atoms with van der Waals surface area (Å²) in [5.41, 5.74) is 16.9. The molecule has 0 spiro atoms. The molecule has 248 valence electrons. The first-order chi connectivity index (χ1) is 25.1. The fraction of sp³-hybridized carbons (Fsp3) is 0.240. The van der Waals surface area contributed by atoms with E-state index in [9.17, 15) is 0 Å². The number of hydrogen-bond acceptors (Lipinski definition) is 0. The van der Waals surface area contributed by atoms with Crippen LogP contribution >= 0.6 is 0 Å². The largest absolute Gasteiger partial charge is 0.309 e. The van der Waals surface area contributed by atoms with Gasteiger partial charge in [-0.25, -0.2) is 0 Å². The zero-order valence-electron chi connectivity index (χ0n) is 29.2. The maximum absolute atomic E-state index is 3.99. The third-order valence-corrected chi connectivity index (χ3v) is 13.7. The van der Waals surface area contributed by atoms with Crippen LogP contribution in [0.4, 0.5) is 0 Å². The van der Waals surface area contributed by atoms with Gasteiger partial charge in [-0.15, -0.1) is 0 Å². The summed E-state index contributed by atoms with van der Waals surface area (Å²) >= 11 is 0. The average Bonchev–Trinajstić information content (AvgIpc) is 3.49. The minimum Gasteiger partial charge on any atom is -0.309 e. The van der Waals surface area contributed by atoms with Crippen molar-refractivity contribution in [3.05, 3.63) is 168 Å². The van der Waals surface area contributed by atoms with Gasteiger partial charge in [-0.05, 0) is 154 Å². The number of aromatic nitrogens is 1. The van der Waals surface area contributed by atoms with Crippen molar-refractivity contribution in [2.45, 2.75) is 62.2 Å². The molecule has 4 bridgehead atoms. The molecule has 1 nitrogen and oxygen atoms in total. The lowest BCUT2D eigenvalue weighted by molar-refractivity contribution is -0.0281. The Bertz CT molecular complexity index is 2480. The van der Waals surface area contributed by atoms with Crippen LogP contribution in [0.25, 0.3) is 55.8 Å². The fourth-order valence-corrected chi connectivity index (χ4v) is 11.5. The summed E-state index contributed by atoms with van der Waals surface area (Å²) < 4.78 is 2.44. The van der Waals surface area contributed by atoms with Crippen LogP contribution in [0.3, 0.4) is 0 Å². The van der Waals surface area contributed by atoms with E-state index in [1.54, 1.807) is 11.1 Å². The second-order valence-electron chi connectivity index (χ2n) is 16.5. The summed E-state index contributed by atoms with van der Waals surface area (Å²) in [6.45, 7) is 3.99. The molecule has 7 aromatic rings. The Morgan fingerprint density at radius 3 is 1.75 bits per heavy atom. The molecule has 51 heavy (non-hydrogen) atoms. The standard InChI is InChI=1S/C50H43N/c1-2-33-7-18-42(19-8-33)49-28-34-25-35(29-49)31-50(30-34,32-49)43-20-13-37(14-21-43)41-17-24-48-46(27-41)45-5-3-4-6-47(45)51(48)44-22-15-38(16-23-44)40-12-10-36-9-11-39(36)26-40/h2-8,10,12-24,26-27,34-35H,1,9,11,25,28-32H2. The highest BCUT2D eigenvalue weighted by molar-refractivity contribution is 6.10. The number of benzene rings is 6. The van der Waals surface area contributed by atoms with Gasteiger partial charge in [-0.3, -0.25) is 0 Å². The predicted molar refractivity (Wildman–Crippen MR) is 214 cm³/mol. The van der Waals surface area contributed by atoms with E-state index in [0.29, 0.717) is 10.8 Å². The number of rotatable bonds is 6. The Morgan fingerprint density at radius 2 is 1.10 bits per heavy atom.